The summed E-state index contributed by atoms with van der Waals surface area (Å²) < 4.78 is 0.570. The molecule has 0 aliphatic heterocycles. The summed E-state index contributed by atoms with van der Waals surface area (Å²) in [6, 6.07) is 5.18. The predicted molar refractivity (Wildman–Crippen MR) is 71.1 cm³/mol. The highest BCUT2D eigenvalue weighted by atomic mass is 79.9. The van der Waals surface area contributed by atoms with Crippen LogP contribution < -0.4 is 0 Å². The average Bonchev–Trinajstić information content (AvgIpc) is 2.28. The summed E-state index contributed by atoms with van der Waals surface area (Å²) in [6.07, 6.45) is 1.59. The van der Waals surface area contributed by atoms with E-state index in [0.717, 1.165) is 0 Å². The quantitative estimate of drug-likeness (QED) is 0.859. The monoisotopic (exact) mass is 311 g/mol. The van der Waals surface area contributed by atoms with Gasteiger partial charge in [-0.2, -0.15) is 0 Å². The Balaban J connectivity index is 2.87. The molecule has 0 unspecified atom stereocenters. The minimum Gasteiger partial charge on any atom is -0.478 e. The molecule has 0 aliphatic rings. The van der Waals surface area contributed by atoms with Crippen molar-refractivity contribution in [2.45, 2.75) is 0 Å². The molecule has 1 aromatic heterocycles. The second-order valence-electron chi connectivity index (χ2n) is 3.40. The van der Waals surface area contributed by atoms with E-state index in [1.165, 1.54) is 0 Å². The number of carboxylic acids is 1. The fourth-order valence-corrected chi connectivity index (χ4v) is 2.61. The van der Waals surface area contributed by atoms with E-state index < -0.39 is 5.97 Å². The number of fused-ring (bicyclic) bond motifs is 1. The topological polar surface area (TPSA) is 50.2 Å². The van der Waals surface area contributed by atoms with Crippen LogP contribution in [0.5, 0.6) is 0 Å². The van der Waals surface area contributed by atoms with Gasteiger partial charge >= 0.3 is 5.97 Å². The van der Waals surface area contributed by atoms with Crippen LogP contribution in [0.3, 0.4) is 0 Å². The van der Waals surface area contributed by atoms with Crippen LogP contribution in [0.15, 0.2) is 35.4 Å². The van der Waals surface area contributed by atoms with Gasteiger partial charge in [0.2, 0.25) is 0 Å². The molecule has 0 aliphatic carbocycles. The highest BCUT2D eigenvalue weighted by Gasteiger charge is 2.17. The number of carbonyl (C=O) groups is 1. The number of nitrogens with zero attached hydrogens (tertiary/aromatic N) is 1. The van der Waals surface area contributed by atoms with E-state index >= 15 is 0 Å². The molecule has 1 N–H and O–H groups in total. The first kappa shape index (κ1) is 12.1. The molecular weight excluding hydrogens is 305 g/mol. The SMILES string of the molecule is C=C(C(=O)O)c1c(Br)cc(Cl)c2cccnc12. The molecule has 0 fully saturated rings. The molecule has 86 valence electrons. The first-order valence-corrected chi connectivity index (χ1v) is 5.84. The Morgan fingerprint density at radius 1 is 1.53 bits per heavy atom. The van der Waals surface area contributed by atoms with Crippen LogP contribution in [0.2, 0.25) is 5.02 Å². The van der Waals surface area contributed by atoms with Crippen LogP contribution in [0.4, 0.5) is 0 Å². The predicted octanol–water partition coefficient (Wildman–Crippen LogP) is 3.75. The van der Waals surface area contributed by atoms with Crippen LogP contribution in [0.25, 0.3) is 16.5 Å². The van der Waals surface area contributed by atoms with Crippen LogP contribution in [-0.4, -0.2) is 16.1 Å². The largest absolute Gasteiger partial charge is 0.478 e. The van der Waals surface area contributed by atoms with E-state index in [1.54, 1.807) is 24.4 Å². The van der Waals surface area contributed by atoms with Gasteiger partial charge in [0.15, 0.2) is 0 Å². The van der Waals surface area contributed by atoms with Crippen molar-refractivity contribution in [3.63, 3.8) is 0 Å². The third-order valence-corrected chi connectivity index (χ3v) is 3.29. The summed E-state index contributed by atoms with van der Waals surface area (Å²) in [5, 5.41) is 10.2. The lowest BCUT2D eigenvalue weighted by Gasteiger charge is -2.09. The van der Waals surface area contributed by atoms with E-state index in [0.29, 0.717) is 26.0 Å². The number of halogens is 2. The molecule has 0 radical (unpaired) electrons. The maximum atomic E-state index is 11.0. The second-order valence-corrected chi connectivity index (χ2v) is 4.66. The molecule has 0 saturated heterocycles. The van der Waals surface area contributed by atoms with Crippen LogP contribution >= 0.6 is 27.5 Å². The molecule has 0 spiro atoms. The Labute approximate surface area is 111 Å². The number of hydrogen-bond acceptors (Lipinski definition) is 2. The standard InChI is InChI=1S/C12H7BrClNO2/c1-6(12(16)17)10-8(13)5-9(14)7-3-2-4-15-11(7)10/h2-5H,1H2,(H,16,17). The third kappa shape index (κ3) is 2.06. The number of pyridine rings is 1. The van der Waals surface area contributed by atoms with Crippen molar-refractivity contribution in [2.75, 3.05) is 0 Å². The minimum atomic E-state index is -1.08. The van der Waals surface area contributed by atoms with Gasteiger partial charge in [-0.05, 0) is 18.2 Å². The molecule has 17 heavy (non-hydrogen) atoms. The van der Waals surface area contributed by atoms with Gasteiger partial charge in [-0.3, -0.25) is 4.98 Å². The lowest BCUT2D eigenvalue weighted by molar-refractivity contribution is -0.130. The van der Waals surface area contributed by atoms with Gasteiger partial charge in [-0.25, -0.2) is 4.79 Å². The molecule has 0 saturated carbocycles. The zero-order chi connectivity index (χ0) is 12.6. The van der Waals surface area contributed by atoms with Crippen LogP contribution in [0.1, 0.15) is 5.56 Å². The van der Waals surface area contributed by atoms with Gasteiger partial charge in [0, 0.05) is 21.6 Å². The summed E-state index contributed by atoms with van der Waals surface area (Å²) in [4.78, 5) is 15.2. The highest BCUT2D eigenvalue weighted by molar-refractivity contribution is 9.10. The maximum absolute atomic E-state index is 11.0. The van der Waals surface area contributed by atoms with Crippen LogP contribution in [-0.2, 0) is 4.79 Å². The van der Waals surface area contributed by atoms with E-state index in [-0.39, 0.29) is 5.57 Å². The van der Waals surface area contributed by atoms with E-state index in [1.807, 2.05) is 0 Å². The molecular formula is C12H7BrClNO2. The van der Waals surface area contributed by atoms with Crippen LogP contribution in [0, 0.1) is 0 Å². The Bertz CT molecular complexity index is 640. The fourth-order valence-electron chi connectivity index (χ4n) is 1.57. The summed E-state index contributed by atoms with van der Waals surface area (Å²) in [7, 11) is 0. The summed E-state index contributed by atoms with van der Waals surface area (Å²) >= 11 is 9.36. The normalized spacial score (nSPS) is 10.5. The van der Waals surface area contributed by atoms with Crippen molar-refractivity contribution in [3.8, 4) is 0 Å². The highest BCUT2D eigenvalue weighted by Crippen LogP contribution is 2.34. The van der Waals surface area contributed by atoms with Gasteiger partial charge in [-0.15, -0.1) is 0 Å². The molecule has 0 bridgehead atoms. The Hall–Kier alpha value is -1.39. The molecule has 3 nitrogen and oxygen atoms in total. The van der Waals surface area contributed by atoms with Crippen molar-refractivity contribution >= 4 is 50.0 Å². The molecule has 2 rings (SSSR count). The van der Waals surface area contributed by atoms with Crippen molar-refractivity contribution in [1.82, 2.24) is 4.98 Å². The molecule has 5 heteroatoms. The van der Waals surface area contributed by atoms with Crippen molar-refractivity contribution in [3.05, 3.63) is 46.0 Å². The van der Waals surface area contributed by atoms with E-state index in [2.05, 4.69) is 27.5 Å². The van der Waals surface area contributed by atoms with Gasteiger partial charge in [0.05, 0.1) is 16.1 Å². The number of rotatable bonds is 2. The van der Waals surface area contributed by atoms with E-state index in [9.17, 15) is 4.79 Å². The summed E-state index contributed by atoms with van der Waals surface area (Å²) in [5.74, 6) is -1.08. The lowest BCUT2D eigenvalue weighted by atomic mass is 10.0. The summed E-state index contributed by atoms with van der Waals surface area (Å²) in [5.41, 5.74) is 0.967. The number of hydrogen-bond donors (Lipinski definition) is 1. The zero-order valence-corrected chi connectivity index (χ0v) is 10.9. The van der Waals surface area contributed by atoms with E-state index in [4.69, 9.17) is 16.7 Å². The van der Waals surface area contributed by atoms with Gasteiger partial charge < -0.3 is 5.11 Å². The van der Waals surface area contributed by atoms with Crippen molar-refractivity contribution in [1.29, 1.82) is 0 Å². The van der Waals surface area contributed by atoms with Crippen molar-refractivity contribution < 1.29 is 9.90 Å². The minimum absolute atomic E-state index is 0.0164. The molecule has 2 aromatic rings. The molecule has 0 amide bonds. The van der Waals surface area contributed by atoms with Crippen molar-refractivity contribution in [2.24, 2.45) is 0 Å². The number of aromatic nitrogens is 1. The lowest BCUT2D eigenvalue weighted by Crippen LogP contribution is -2.01. The number of aliphatic carboxylic acids is 1. The third-order valence-electron chi connectivity index (χ3n) is 2.35. The first-order valence-electron chi connectivity index (χ1n) is 4.67. The molecule has 1 heterocycles. The maximum Gasteiger partial charge on any atom is 0.335 e. The number of carboxylic acid groups (broad SMARTS) is 1. The zero-order valence-electron chi connectivity index (χ0n) is 8.58. The molecule has 0 atom stereocenters. The smallest absolute Gasteiger partial charge is 0.335 e. The summed E-state index contributed by atoms with van der Waals surface area (Å²) in [6.45, 7) is 3.55. The average molecular weight is 313 g/mol. The Morgan fingerprint density at radius 3 is 2.88 bits per heavy atom. The number of benzene rings is 1. The fraction of sp³-hybridized carbons (Fsp3) is 0. The first-order chi connectivity index (χ1) is 8.02. The second kappa shape index (κ2) is 4.47. The Kier molecular flexibility index (Phi) is 3.17. The van der Waals surface area contributed by atoms with Gasteiger partial charge in [-0.1, -0.05) is 34.1 Å². The van der Waals surface area contributed by atoms with Gasteiger partial charge in [0.25, 0.3) is 0 Å². The Morgan fingerprint density at radius 2 is 2.24 bits per heavy atom. The molecule has 1 aromatic carbocycles. The van der Waals surface area contributed by atoms with Gasteiger partial charge in [0.1, 0.15) is 0 Å².